The molecular weight excluding hydrogens is 558 g/mol. The molecule has 0 saturated carbocycles. The van der Waals surface area contributed by atoms with Gasteiger partial charge in [-0.05, 0) is 56.9 Å². The number of hydrogen-bond acceptors (Lipinski definition) is 10. The van der Waals surface area contributed by atoms with Gasteiger partial charge in [-0.1, -0.05) is 26.8 Å². The number of amides is 2. The smallest absolute Gasteiger partial charge is 0.352 e. The maximum atomic E-state index is 13.1. The largest absolute Gasteiger partial charge is 0.504 e. The fourth-order valence-electron chi connectivity index (χ4n) is 6.84. The lowest BCUT2D eigenvalue weighted by molar-refractivity contribution is -0.167. The predicted molar refractivity (Wildman–Crippen MR) is 155 cm³/mol. The van der Waals surface area contributed by atoms with E-state index in [4.69, 9.17) is 14.2 Å². The molecule has 0 fully saturated rings. The van der Waals surface area contributed by atoms with Gasteiger partial charge in [-0.3, -0.25) is 14.4 Å². The van der Waals surface area contributed by atoms with E-state index in [1.807, 2.05) is 26.8 Å². The van der Waals surface area contributed by atoms with Gasteiger partial charge in [0.2, 0.25) is 11.8 Å². The highest BCUT2D eigenvalue weighted by atomic mass is 16.6. The molecular formula is C31H43N3O9. The zero-order valence-electron chi connectivity index (χ0n) is 25.6. The highest BCUT2D eigenvalue weighted by molar-refractivity contribution is 5.87. The number of aromatic hydroxyl groups is 1. The van der Waals surface area contributed by atoms with Gasteiger partial charge in [-0.2, -0.15) is 0 Å². The van der Waals surface area contributed by atoms with E-state index in [1.54, 1.807) is 19.2 Å². The van der Waals surface area contributed by atoms with Gasteiger partial charge in [0.05, 0.1) is 17.4 Å². The molecule has 43 heavy (non-hydrogen) atoms. The van der Waals surface area contributed by atoms with Crippen molar-refractivity contribution < 1.29 is 43.6 Å². The summed E-state index contributed by atoms with van der Waals surface area (Å²) in [6.07, 6.45) is 0.878. The molecule has 12 heteroatoms. The minimum Gasteiger partial charge on any atom is -0.504 e. The molecule has 0 spiro atoms. The molecule has 1 aliphatic heterocycles. The molecule has 6 atom stereocenters. The average molecular weight is 602 g/mol. The van der Waals surface area contributed by atoms with E-state index in [0.29, 0.717) is 19.3 Å². The molecule has 0 aromatic heterocycles. The molecule has 0 saturated heterocycles. The first kappa shape index (κ1) is 32.3. The van der Waals surface area contributed by atoms with Gasteiger partial charge in [0.25, 0.3) is 0 Å². The van der Waals surface area contributed by atoms with E-state index in [-0.39, 0.29) is 54.5 Å². The summed E-state index contributed by atoms with van der Waals surface area (Å²) in [6, 6.07) is 2.37. The number of carbonyl (C=O) groups excluding carboxylic acids is 4. The molecule has 1 heterocycles. The molecule has 236 valence electrons. The zero-order chi connectivity index (χ0) is 31.7. The van der Waals surface area contributed by atoms with Crippen molar-refractivity contribution in [2.45, 2.75) is 102 Å². The second-order valence-electron chi connectivity index (χ2n) is 12.0. The lowest BCUT2D eigenvalue weighted by Crippen LogP contribution is -2.70. The Morgan fingerprint density at radius 2 is 1.91 bits per heavy atom. The second-order valence-corrected chi connectivity index (χ2v) is 12.0. The van der Waals surface area contributed by atoms with Crippen LogP contribution in [0.5, 0.6) is 11.5 Å². The number of carbonyl (C=O) groups is 4. The summed E-state index contributed by atoms with van der Waals surface area (Å²) in [5, 5.41) is 31.2. The summed E-state index contributed by atoms with van der Waals surface area (Å²) in [5.74, 6) is -1.72. The first-order chi connectivity index (χ1) is 20.3. The molecule has 1 aromatic rings. The fraction of sp³-hybridized carbons (Fsp3) is 0.613. The molecule has 0 unspecified atom stereocenters. The topological polar surface area (TPSA) is 173 Å². The van der Waals surface area contributed by atoms with Gasteiger partial charge in [-0.15, -0.1) is 0 Å². The van der Waals surface area contributed by atoms with Crippen LogP contribution < -0.4 is 20.7 Å². The molecule has 0 radical (unpaired) electrons. The monoisotopic (exact) mass is 601 g/mol. The number of aliphatic hydroxyl groups is 1. The number of benzene rings is 1. The van der Waals surface area contributed by atoms with Crippen molar-refractivity contribution in [3.63, 3.8) is 0 Å². The Balaban J connectivity index is 1.40. The van der Waals surface area contributed by atoms with Crippen molar-refractivity contribution in [3.05, 3.63) is 35.1 Å². The van der Waals surface area contributed by atoms with Gasteiger partial charge in [0.15, 0.2) is 23.7 Å². The number of hydrogen-bond donors (Lipinski definition) is 5. The van der Waals surface area contributed by atoms with Crippen LogP contribution in [-0.4, -0.2) is 77.5 Å². The molecule has 1 aromatic carbocycles. The van der Waals surface area contributed by atoms with Gasteiger partial charge in [0, 0.05) is 31.5 Å². The molecule has 5 N–H and O–H groups in total. The highest BCUT2D eigenvalue weighted by Crippen LogP contribution is 2.63. The Morgan fingerprint density at radius 3 is 2.53 bits per heavy atom. The van der Waals surface area contributed by atoms with Crippen LogP contribution >= 0.6 is 0 Å². The van der Waals surface area contributed by atoms with Crippen molar-refractivity contribution in [1.82, 2.24) is 16.0 Å². The predicted octanol–water partition coefficient (Wildman–Crippen LogP) is 1.50. The minimum atomic E-state index is -1.28. The van der Waals surface area contributed by atoms with E-state index in [1.165, 1.54) is 13.8 Å². The van der Waals surface area contributed by atoms with Crippen LogP contribution in [0.1, 0.15) is 71.4 Å². The SMILES string of the molecule is CC[C@]12c3c4ccc(O)c3O[C@H]1C(OC(=O)[C@H](C)OC(=O)CCNC(=O)[C@H](CC(C)C)NC(C)=O)=CC[C@@]2(O)[C@H](NC)C4. The lowest BCUT2D eigenvalue weighted by Gasteiger charge is -2.56. The molecule has 12 nitrogen and oxygen atoms in total. The standard InChI is InChI=1S/C31H43N3O9/c1-7-30-25-19-8-9-21(36)26(25)43-27(30)22(10-12-31(30,40)23(15-19)32-6)42-29(39)17(4)41-24(37)11-13-33-28(38)20(14-16(2)3)34-18(5)35/h8-10,16-17,20,23,27,32,36,40H,7,11-15H2,1-6H3,(H,33,38)(H,34,35)/t17-,20-,23+,27-,30-,31+/m0/s1. The van der Waals surface area contributed by atoms with Crippen molar-refractivity contribution >= 4 is 23.8 Å². The molecule has 2 amide bonds. The fourth-order valence-corrected chi connectivity index (χ4v) is 6.84. The summed E-state index contributed by atoms with van der Waals surface area (Å²) >= 11 is 0. The summed E-state index contributed by atoms with van der Waals surface area (Å²) < 4.78 is 17.3. The van der Waals surface area contributed by atoms with E-state index in [2.05, 4.69) is 16.0 Å². The molecule has 3 aliphatic rings. The zero-order valence-corrected chi connectivity index (χ0v) is 25.6. The van der Waals surface area contributed by atoms with Gasteiger partial charge in [0.1, 0.15) is 11.8 Å². The maximum Gasteiger partial charge on any atom is 0.352 e. The van der Waals surface area contributed by atoms with Crippen LogP contribution in [0, 0.1) is 5.92 Å². The minimum absolute atomic E-state index is 0.0387. The molecule has 2 aliphatic carbocycles. The van der Waals surface area contributed by atoms with Crippen molar-refractivity contribution in [2.24, 2.45) is 5.92 Å². The van der Waals surface area contributed by atoms with Gasteiger partial charge >= 0.3 is 11.9 Å². The van der Waals surface area contributed by atoms with E-state index >= 15 is 0 Å². The first-order valence-electron chi connectivity index (χ1n) is 14.9. The Bertz CT molecular complexity index is 1310. The number of esters is 2. The summed E-state index contributed by atoms with van der Waals surface area (Å²) in [4.78, 5) is 49.5. The van der Waals surface area contributed by atoms with Crippen molar-refractivity contribution in [3.8, 4) is 11.5 Å². The number of rotatable bonds is 12. The normalized spacial score (nSPS) is 26.4. The van der Waals surface area contributed by atoms with E-state index < -0.39 is 47.1 Å². The lowest BCUT2D eigenvalue weighted by atomic mass is 9.52. The van der Waals surface area contributed by atoms with Gasteiger partial charge in [-0.25, -0.2) is 4.79 Å². The Hall–Kier alpha value is -3.64. The third-order valence-corrected chi connectivity index (χ3v) is 8.79. The van der Waals surface area contributed by atoms with Crippen molar-refractivity contribution in [2.75, 3.05) is 13.6 Å². The Morgan fingerprint density at radius 1 is 1.19 bits per heavy atom. The Labute approximate surface area is 251 Å². The summed E-state index contributed by atoms with van der Waals surface area (Å²) in [7, 11) is 1.79. The van der Waals surface area contributed by atoms with Crippen molar-refractivity contribution in [1.29, 1.82) is 0 Å². The van der Waals surface area contributed by atoms with Crippen LogP contribution in [0.3, 0.4) is 0 Å². The second kappa shape index (κ2) is 12.5. The van der Waals surface area contributed by atoms with Crippen LogP contribution in [0.25, 0.3) is 0 Å². The van der Waals surface area contributed by atoms with Crippen LogP contribution in [0.2, 0.25) is 0 Å². The number of phenols is 1. The average Bonchev–Trinajstić information content (AvgIpc) is 3.32. The number of ether oxygens (including phenoxy) is 3. The molecule has 4 rings (SSSR count). The Kier molecular flexibility index (Phi) is 9.41. The maximum absolute atomic E-state index is 13.1. The van der Waals surface area contributed by atoms with E-state index in [0.717, 1.165) is 11.1 Å². The number of nitrogens with one attached hydrogen (secondary N) is 3. The van der Waals surface area contributed by atoms with Gasteiger partial charge < -0.3 is 40.4 Å². The van der Waals surface area contributed by atoms with Crippen LogP contribution in [0.4, 0.5) is 0 Å². The summed E-state index contributed by atoms with van der Waals surface area (Å²) in [5.41, 5.74) is -0.600. The van der Waals surface area contributed by atoms with E-state index in [9.17, 15) is 29.4 Å². The number of phenolic OH excluding ortho intramolecular Hbond substituents is 1. The van der Waals surface area contributed by atoms with Crippen LogP contribution in [-0.2, 0) is 40.5 Å². The number of likely N-dealkylation sites (N-methyl/N-ethyl adjacent to an activating group) is 1. The summed E-state index contributed by atoms with van der Waals surface area (Å²) in [6.45, 7) is 8.46. The quantitative estimate of drug-likeness (QED) is 0.221. The van der Waals surface area contributed by atoms with Crippen LogP contribution in [0.15, 0.2) is 24.0 Å². The highest BCUT2D eigenvalue weighted by Gasteiger charge is 2.69. The third kappa shape index (κ3) is 5.82. The molecule has 0 bridgehead atoms. The third-order valence-electron chi connectivity index (χ3n) is 8.79. The first-order valence-corrected chi connectivity index (χ1v) is 14.9.